The molecule has 37 heavy (non-hydrogen) atoms. The number of hydrogen-bond acceptors (Lipinski definition) is 5. The predicted octanol–water partition coefficient (Wildman–Crippen LogP) is 4.80. The number of nitrogens with zero attached hydrogens (tertiary/aromatic N) is 3. The van der Waals surface area contributed by atoms with Crippen LogP contribution in [-0.4, -0.2) is 42.7 Å². The van der Waals surface area contributed by atoms with Gasteiger partial charge in [0.25, 0.3) is 5.91 Å². The molecule has 0 unspecified atom stereocenters. The lowest BCUT2D eigenvalue weighted by atomic mass is 9.92. The van der Waals surface area contributed by atoms with E-state index in [4.69, 9.17) is 0 Å². The third kappa shape index (κ3) is 5.72. The van der Waals surface area contributed by atoms with Crippen LogP contribution in [0.15, 0.2) is 59.8 Å². The summed E-state index contributed by atoms with van der Waals surface area (Å²) >= 11 is 0. The zero-order valence-electron chi connectivity index (χ0n) is 21.9. The van der Waals surface area contributed by atoms with E-state index >= 15 is 0 Å². The largest absolute Gasteiger partial charge is 0.371 e. The van der Waals surface area contributed by atoms with E-state index in [1.807, 2.05) is 31.6 Å². The summed E-state index contributed by atoms with van der Waals surface area (Å²) in [5.74, 6) is -0.266. The lowest BCUT2D eigenvalue weighted by molar-refractivity contribution is 0.102. The van der Waals surface area contributed by atoms with Crippen molar-refractivity contribution >= 4 is 27.3 Å². The highest BCUT2D eigenvalue weighted by Gasteiger charge is 2.44. The summed E-state index contributed by atoms with van der Waals surface area (Å²) in [4.78, 5) is 16.0. The first-order valence-electron chi connectivity index (χ1n) is 12.8. The molecule has 2 N–H and O–H groups in total. The van der Waals surface area contributed by atoms with Crippen molar-refractivity contribution in [3.8, 4) is 11.1 Å². The lowest BCUT2D eigenvalue weighted by Gasteiger charge is -2.35. The van der Waals surface area contributed by atoms with Gasteiger partial charge < -0.3 is 10.2 Å². The normalized spacial score (nSPS) is 17.1. The summed E-state index contributed by atoms with van der Waals surface area (Å²) < 4.78 is 30.0. The number of hydrogen-bond donors (Lipinski definition) is 2. The highest BCUT2D eigenvalue weighted by atomic mass is 32.2. The minimum Gasteiger partial charge on any atom is -0.371 e. The number of carbonyl (C=O) groups excluding carboxylic acids is 1. The quantitative estimate of drug-likeness (QED) is 0.486. The molecule has 3 aromatic rings. The first kappa shape index (κ1) is 25.5. The summed E-state index contributed by atoms with van der Waals surface area (Å²) in [6.45, 7) is 7.21. The van der Waals surface area contributed by atoms with Crippen molar-refractivity contribution in [1.82, 2.24) is 14.5 Å². The molecule has 196 valence electrons. The number of amides is 1. The molecule has 8 nitrogen and oxygen atoms in total. The molecular weight excluding hydrogens is 486 g/mol. The number of carbonyl (C=O) groups is 1. The van der Waals surface area contributed by atoms with Crippen molar-refractivity contribution in [2.24, 2.45) is 12.5 Å². The van der Waals surface area contributed by atoms with Crippen molar-refractivity contribution in [3.63, 3.8) is 0 Å². The van der Waals surface area contributed by atoms with Crippen molar-refractivity contribution < 1.29 is 13.2 Å². The van der Waals surface area contributed by atoms with Crippen LogP contribution < -0.4 is 14.9 Å². The number of aryl methyl sites for hydroxylation is 1. The number of benzene rings is 2. The van der Waals surface area contributed by atoms with Gasteiger partial charge >= 0.3 is 0 Å². The fourth-order valence-corrected chi connectivity index (χ4v) is 6.50. The van der Waals surface area contributed by atoms with E-state index in [2.05, 4.69) is 26.1 Å². The molecule has 0 bridgehead atoms. The third-order valence-corrected chi connectivity index (χ3v) is 9.00. The van der Waals surface area contributed by atoms with Crippen molar-refractivity contribution in [3.05, 3.63) is 60.4 Å². The van der Waals surface area contributed by atoms with Gasteiger partial charge in [-0.05, 0) is 87.8 Å². The third-order valence-electron chi connectivity index (χ3n) is 7.25. The summed E-state index contributed by atoms with van der Waals surface area (Å²) in [6, 6.07) is 12.2. The number of aromatic nitrogens is 2. The highest BCUT2D eigenvalue weighted by molar-refractivity contribution is 7.89. The standard InChI is InChI=1S/C28H35N5O3S/c1-27(2,3)31-37(35,36)23-7-5-6-22(17-23)30-26(34)24-9-8-20(21-18-29-32(4)19-21)16-25(24)33-14-12-28(10-11-28)13-15-33/h5-9,16-19,31H,10-15H2,1-4H3,(H,30,34). The summed E-state index contributed by atoms with van der Waals surface area (Å²) in [5, 5.41) is 7.23. The number of rotatable bonds is 6. The van der Waals surface area contributed by atoms with Gasteiger partial charge in [0.05, 0.1) is 22.3 Å². The SMILES string of the molecule is Cn1cc(-c2ccc(C(=O)Nc3cccc(S(=O)(=O)NC(C)(C)C)c3)c(N3CCC4(CC3)CC4)c2)cn1. The molecule has 2 heterocycles. The van der Waals surface area contributed by atoms with Gasteiger partial charge in [-0.25, -0.2) is 13.1 Å². The molecule has 9 heteroatoms. The Balaban J connectivity index is 1.43. The maximum Gasteiger partial charge on any atom is 0.257 e. The number of anilines is 2. The first-order valence-corrected chi connectivity index (χ1v) is 14.2. The van der Waals surface area contributed by atoms with Crippen LogP contribution in [0, 0.1) is 5.41 Å². The fourth-order valence-electron chi connectivity index (χ4n) is 5.04. The Labute approximate surface area is 219 Å². The van der Waals surface area contributed by atoms with Crippen LogP contribution in [0.1, 0.15) is 56.8 Å². The molecule has 1 saturated heterocycles. The zero-order valence-corrected chi connectivity index (χ0v) is 22.7. The molecule has 1 aliphatic heterocycles. The Hall–Kier alpha value is -3.17. The Bertz CT molecular complexity index is 1420. The van der Waals surface area contributed by atoms with E-state index in [1.54, 1.807) is 37.6 Å². The van der Waals surface area contributed by atoms with Gasteiger partial charge in [-0.15, -0.1) is 0 Å². The molecule has 0 atom stereocenters. The van der Waals surface area contributed by atoms with E-state index in [9.17, 15) is 13.2 Å². The molecule has 1 spiro atoms. The second-order valence-corrected chi connectivity index (χ2v) is 13.1. The van der Waals surface area contributed by atoms with Gasteiger partial charge in [-0.1, -0.05) is 12.1 Å². The monoisotopic (exact) mass is 521 g/mol. The summed E-state index contributed by atoms with van der Waals surface area (Å²) in [5.41, 5.74) is 3.81. The van der Waals surface area contributed by atoms with Crippen molar-refractivity contribution in [2.45, 2.75) is 56.9 Å². The highest BCUT2D eigenvalue weighted by Crippen LogP contribution is 2.54. The minimum atomic E-state index is -3.72. The zero-order chi connectivity index (χ0) is 26.4. The average molecular weight is 522 g/mol. The Morgan fingerprint density at radius 3 is 2.35 bits per heavy atom. The van der Waals surface area contributed by atoms with Crippen LogP contribution in [0.5, 0.6) is 0 Å². The van der Waals surface area contributed by atoms with E-state index in [1.165, 1.54) is 25.0 Å². The molecule has 5 rings (SSSR count). The van der Waals surface area contributed by atoms with Gasteiger partial charge in [0.1, 0.15) is 0 Å². The Morgan fingerprint density at radius 1 is 1.00 bits per heavy atom. The number of piperidine rings is 1. The van der Waals surface area contributed by atoms with Gasteiger partial charge in [0.2, 0.25) is 10.0 Å². The van der Waals surface area contributed by atoms with Gasteiger partial charge in [-0.2, -0.15) is 5.10 Å². The van der Waals surface area contributed by atoms with Gasteiger partial charge in [0, 0.05) is 43.1 Å². The number of sulfonamides is 1. The van der Waals surface area contributed by atoms with Crippen molar-refractivity contribution in [1.29, 1.82) is 0 Å². The molecule has 0 radical (unpaired) electrons. The van der Waals surface area contributed by atoms with Crippen LogP contribution >= 0.6 is 0 Å². The predicted molar refractivity (Wildman–Crippen MR) is 146 cm³/mol. The Kier molecular flexibility index (Phi) is 6.40. The van der Waals surface area contributed by atoms with Crippen LogP contribution in [0.3, 0.4) is 0 Å². The molecule has 1 amide bonds. The van der Waals surface area contributed by atoms with Crippen LogP contribution in [0.25, 0.3) is 11.1 Å². The van der Waals surface area contributed by atoms with E-state index in [0.29, 0.717) is 16.7 Å². The van der Waals surface area contributed by atoms with Crippen LogP contribution in [0.2, 0.25) is 0 Å². The second-order valence-electron chi connectivity index (χ2n) is 11.5. The Morgan fingerprint density at radius 2 is 1.73 bits per heavy atom. The van der Waals surface area contributed by atoms with E-state index < -0.39 is 15.6 Å². The van der Waals surface area contributed by atoms with Crippen LogP contribution in [0.4, 0.5) is 11.4 Å². The molecule has 2 aromatic carbocycles. The molecule has 1 saturated carbocycles. The maximum absolute atomic E-state index is 13.5. The lowest BCUT2D eigenvalue weighted by Crippen LogP contribution is -2.40. The average Bonchev–Trinajstić information content (AvgIpc) is 3.44. The molecule has 2 aliphatic rings. The van der Waals surface area contributed by atoms with E-state index in [-0.39, 0.29) is 10.8 Å². The molecule has 1 aromatic heterocycles. The van der Waals surface area contributed by atoms with Gasteiger partial charge in [0.15, 0.2) is 0 Å². The second kappa shape index (κ2) is 9.29. The minimum absolute atomic E-state index is 0.109. The topological polar surface area (TPSA) is 96.3 Å². The fraction of sp³-hybridized carbons (Fsp3) is 0.429. The van der Waals surface area contributed by atoms with Crippen LogP contribution in [-0.2, 0) is 17.1 Å². The van der Waals surface area contributed by atoms with Crippen molar-refractivity contribution in [2.75, 3.05) is 23.3 Å². The molecule has 1 aliphatic carbocycles. The first-order chi connectivity index (χ1) is 17.4. The van der Waals surface area contributed by atoms with Gasteiger partial charge in [-0.3, -0.25) is 9.48 Å². The van der Waals surface area contributed by atoms with E-state index in [0.717, 1.165) is 42.7 Å². The number of nitrogens with one attached hydrogen (secondary N) is 2. The molecular formula is C28H35N5O3S. The smallest absolute Gasteiger partial charge is 0.257 e. The molecule has 2 fully saturated rings. The maximum atomic E-state index is 13.5. The summed E-state index contributed by atoms with van der Waals surface area (Å²) in [6.07, 6.45) is 8.70. The summed E-state index contributed by atoms with van der Waals surface area (Å²) in [7, 11) is -1.84.